The average Bonchev–Trinajstić information content (AvgIpc) is 2.41. The Morgan fingerprint density at radius 3 is 2.70 bits per heavy atom. The Labute approximate surface area is 118 Å². The Morgan fingerprint density at radius 2 is 2.05 bits per heavy atom. The number of nitrogens with one attached hydrogen (secondary N) is 2. The van der Waals surface area contributed by atoms with Crippen LogP contribution in [0.4, 0.5) is 22.0 Å². The predicted octanol–water partition coefficient (Wildman–Crippen LogP) is 3.29. The lowest BCUT2D eigenvalue weighted by molar-refractivity contribution is -0.384. The fourth-order valence-corrected chi connectivity index (χ4v) is 1.63. The summed E-state index contributed by atoms with van der Waals surface area (Å²) in [4.78, 5) is 25.7. The minimum Gasteiger partial charge on any atom is -0.307 e. The molecular weight excluding hydrogens is 284 g/mol. The number of nitro groups is 1. The summed E-state index contributed by atoms with van der Waals surface area (Å²) in [5.74, 6) is 0.369. The zero-order valence-electron chi connectivity index (χ0n) is 10.0. The Hall–Kier alpha value is -2.67. The van der Waals surface area contributed by atoms with Gasteiger partial charge in [0.25, 0.3) is 5.69 Å². The number of nitrogens with zero attached hydrogens (tertiary/aromatic N) is 2. The lowest BCUT2D eigenvalue weighted by Crippen LogP contribution is -2.20. The molecule has 0 fully saturated rings. The number of nitro benzene ring substituents is 1. The van der Waals surface area contributed by atoms with Gasteiger partial charge in [-0.2, -0.15) is 0 Å². The summed E-state index contributed by atoms with van der Waals surface area (Å²) in [5.41, 5.74) is -0.0168. The molecule has 0 saturated carbocycles. The second-order valence-electron chi connectivity index (χ2n) is 3.72. The maximum atomic E-state index is 11.7. The number of carbonyl (C=O) groups is 1. The summed E-state index contributed by atoms with van der Waals surface area (Å²) in [5, 5.41) is 15.7. The number of benzene rings is 1. The first kappa shape index (κ1) is 13.8. The van der Waals surface area contributed by atoms with Gasteiger partial charge in [0, 0.05) is 18.0 Å². The van der Waals surface area contributed by atoms with E-state index in [2.05, 4.69) is 15.6 Å². The number of anilines is 2. The molecule has 0 spiro atoms. The lowest BCUT2D eigenvalue weighted by atomic mass is 10.3. The van der Waals surface area contributed by atoms with Crippen molar-refractivity contribution < 1.29 is 9.72 Å². The second kappa shape index (κ2) is 5.98. The third-order valence-corrected chi connectivity index (χ3v) is 2.63. The van der Waals surface area contributed by atoms with E-state index in [4.69, 9.17) is 11.6 Å². The Kier molecular flexibility index (Phi) is 4.11. The third kappa shape index (κ3) is 3.42. The number of pyridine rings is 1. The van der Waals surface area contributed by atoms with Gasteiger partial charge in [-0.25, -0.2) is 9.78 Å². The highest BCUT2D eigenvalue weighted by atomic mass is 35.5. The molecule has 7 nitrogen and oxygen atoms in total. The van der Waals surface area contributed by atoms with Gasteiger partial charge >= 0.3 is 6.03 Å². The molecule has 0 aliphatic carbocycles. The van der Waals surface area contributed by atoms with Gasteiger partial charge in [0.05, 0.1) is 4.92 Å². The molecule has 0 bridgehead atoms. The quantitative estimate of drug-likeness (QED) is 0.670. The number of hydrogen-bond acceptors (Lipinski definition) is 4. The van der Waals surface area contributed by atoms with Crippen molar-refractivity contribution in [3.8, 4) is 0 Å². The summed E-state index contributed by atoms with van der Waals surface area (Å²) < 4.78 is 0. The third-order valence-electron chi connectivity index (χ3n) is 2.31. The summed E-state index contributed by atoms with van der Waals surface area (Å²) in [7, 11) is 0. The van der Waals surface area contributed by atoms with E-state index >= 15 is 0 Å². The summed E-state index contributed by atoms with van der Waals surface area (Å²) in [6, 6.07) is 8.48. The topological polar surface area (TPSA) is 97.2 Å². The van der Waals surface area contributed by atoms with Crippen LogP contribution in [0.5, 0.6) is 0 Å². The van der Waals surface area contributed by atoms with Crippen LogP contribution >= 0.6 is 11.6 Å². The molecule has 8 heteroatoms. The van der Waals surface area contributed by atoms with Crippen LogP contribution in [0.2, 0.25) is 5.02 Å². The first-order chi connectivity index (χ1) is 9.56. The first-order valence-corrected chi connectivity index (χ1v) is 5.87. The summed E-state index contributed by atoms with van der Waals surface area (Å²) in [6.07, 6.45) is 1.53. The minimum absolute atomic E-state index is 0.00526. The van der Waals surface area contributed by atoms with Crippen LogP contribution in [0.25, 0.3) is 0 Å². The largest absolute Gasteiger partial charge is 0.324 e. The van der Waals surface area contributed by atoms with E-state index in [1.54, 1.807) is 18.2 Å². The van der Waals surface area contributed by atoms with E-state index in [0.29, 0.717) is 5.82 Å². The van der Waals surface area contributed by atoms with Crippen LogP contribution in [-0.4, -0.2) is 15.9 Å². The Bertz CT molecular complexity index is 648. The van der Waals surface area contributed by atoms with E-state index in [-0.39, 0.29) is 16.4 Å². The number of carbonyl (C=O) groups excluding carboxylic acids is 1. The maximum absolute atomic E-state index is 11.7. The van der Waals surface area contributed by atoms with Gasteiger partial charge in [0.1, 0.15) is 10.8 Å². The zero-order chi connectivity index (χ0) is 14.5. The average molecular weight is 293 g/mol. The van der Waals surface area contributed by atoms with Crippen molar-refractivity contribution in [2.24, 2.45) is 0 Å². The molecule has 1 aromatic heterocycles. The highest BCUT2D eigenvalue weighted by Gasteiger charge is 2.13. The van der Waals surface area contributed by atoms with Gasteiger partial charge < -0.3 is 5.32 Å². The molecule has 0 aliphatic rings. The van der Waals surface area contributed by atoms with Crippen molar-refractivity contribution in [3.05, 3.63) is 57.7 Å². The fraction of sp³-hybridized carbons (Fsp3) is 0. The van der Waals surface area contributed by atoms with E-state index < -0.39 is 11.0 Å². The van der Waals surface area contributed by atoms with E-state index in [0.717, 1.165) is 0 Å². The predicted molar refractivity (Wildman–Crippen MR) is 75.0 cm³/mol. The van der Waals surface area contributed by atoms with Gasteiger partial charge in [-0.15, -0.1) is 0 Å². The van der Waals surface area contributed by atoms with Crippen LogP contribution in [0.3, 0.4) is 0 Å². The van der Waals surface area contributed by atoms with E-state index in [1.807, 2.05) is 0 Å². The molecule has 2 N–H and O–H groups in total. The lowest BCUT2D eigenvalue weighted by Gasteiger charge is -2.07. The normalized spacial score (nSPS) is 9.85. The fourth-order valence-electron chi connectivity index (χ4n) is 1.45. The molecule has 20 heavy (non-hydrogen) atoms. The monoisotopic (exact) mass is 292 g/mol. The standard InChI is InChI=1S/C12H9ClN4O3/c13-9-5-4-8(7-10(9)17(19)20)15-12(18)16-11-3-1-2-6-14-11/h1-7H,(H2,14,15,16,18). The SMILES string of the molecule is O=C(Nc1ccc(Cl)c([N+](=O)[O-])c1)Nc1ccccn1. The molecule has 2 amide bonds. The van der Waals surface area contributed by atoms with Gasteiger partial charge in [0.15, 0.2) is 0 Å². The molecule has 2 rings (SSSR count). The molecule has 1 aromatic carbocycles. The maximum Gasteiger partial charge on any atom is 0.324 e. The highest BCUT2D eigenvalue weighted by molar-refractivity contribution is 6.32. The second-order valence-corrected chi connectivity index (χ2v) is 4.12. The molecule has 1 heterocycles. The molecule has 0 atom stereocenters. The molecule has 0 unspecified atom stereocenters. The minimum atomic E-state index is -0.621. The van der Waals surface area contributed by atoms with Crippen molar-refractivity contribution in [1.29, 1.82) is 0 Å². The van der Waals surface area contributed by atoms with E-state index in [1.165, 1.54) is 24.4 Å². The number of hydrogen-bond donors (Lipinski definition) is 2. The van der Waals surface area contributed by atoms with Crippen LogP contribution in [0.15, 0.2) is 42.6 Å². The van der Waals surface area contributed by atoms with Crippen LogP contribution < -0.4 is 10.6 Å². The molecular formula is C12H9ClN4O3. The van der Waals surface area contributed by atoms with Crippen molar-refractivity contribution in [2.75, 3.05) is 10.6 Å². The van der Waals surface area contributed by atoms with Crippen molar-refractivity contribution in [2.45, 2.75) is 0 Å². The summed E-state index contributed by atoms with van der Waals surface area (Å²) in [6.45, 7) is 0. The molecule has 102 valence electrons. The van der Waals surface area contributed by atoms with Gasteiger partial charge in [0.2, 0.25) is 0 Å². The molecule has 2 aromatic rings. The first-order valence-electron chi connectivity index (χ1n) is 5.49. The molecule has 0 saturated heterocycles. The Morgan fingerprint density at radius 1 is 1.25 bits per heavy atom. The zero-order valence-corrected chi connectivity index (χ0v) is 10.8. The molecule has 0 aliphatic heterocycles. The number of urea groups is 1. The number of amides is 2. The van der Waals surface area contributed by atoms with Gasteiger partial charge in [-0.1, -0.05) is 17.7 Å². The number of aromatic nitrogens is 1. The Balaban J connectivity index is 2.08. The van der Waals surface area contributed by atoms with E-state index in [9.17, 15) is 14.9 Å². The molecule has 0 radical (unpaired) electrons. The van der Waals surface area contributed by atoms with Crippen LogP contribution in [-0.2, 0) is 0 Å². The highest BCUT2D eigenvalue weighted by Crippen LogP contribution is 2.27. The van der Waals surface area contributed by atoms with Crippen molar-refractivity contribution in [3.63, 3.8) is 0 Å². The van der Waals surface area contributed by atoms with Crippen LogP contribution in [0, 0.1) is 10.1 Å². The van der Waals surface area contributed by atoms with Gasteiger partial charge in [-0.05, 0) is 24.3 Å². The summed E-state index contributed by atoms with van der Waals surface area (Å²) >= 11 is 5.68. The smallest absolute Gasteiger partial charge is 0.307 e. The van der Waals surface area contributed by atoms with Gasteiger partial charge in [-0.3, -0.25) is 15.4 Å². The van der Waals surface area contributed by atoms with Crippen molar-refractivity contribution in [1.82, 2.24) is 4.98 Å². The number of rotatable bonds is 3. The van der Waals surface area contributed by atoms with Crippen molar-refractivity contribution >= 4 is 34.8 Å². The van der Waals surface area contributed by atoms with Crippen LogP contribution in [0.1, 0.15) is 0 Å². The number of halogens is 1.